The number of alkyl halides is 3. The number of amides is 1. The van der Waals surface area contributed by atoms with Crippen molar-refractivity contribution in [3.05, 3.63) is 35.4 Å². The monoisotopic (exact) mass is 372 g/mol. The highest BCUT2D eigenvalue weighted by atomic mass is 19.4. The lowest BCUT2D eigenvalue weighted by Gasteiger charge is -2.29. The molecule has 1 amide bonds. The molecule has 0 bridgehead atoms. The predicted molar refractivity (Wildman–Crippen MR) is 89.4 cm³/mol. The van der Waals surface area contributed by atoms with Crippen LogP contribution in [0, 0.1) is 0 Å². The molecule has 1 aliphatic rings. The quantitative estimate of drug-likeness (QED) is 0.863. The Morgan fingerprint density at radius 2 is 1.85 bits per heavy atom. The van der Waals surface area contributed by atoms with Gasteiger partial charge < -0.3 is 10.0 Å². The number of carbonyl (C=O) groups is 2. The van der Waals surface area contributed by atoms with Gasteiger partial charge in [0.1, 0.15) is 6.54 Å². The summed E-state index contributed by atoms with van der Waals surface area (Å²) in [5.74, 6) is -1.29. The fourth-order valence-corrected chi connectivity index (χ4v) is 3.31. The molecule has 8 heteroatoms. The minimum Gasteiger partial charge on any atom is -0.480 e. The van der Waals surface area contributed by atoms with Crippen LogP contribution in [-0.4, -0.2) is 52.5 Å². The van der Waals surface area contributed by atoms with Crippen molar-refractivity contribution in [1.82, 2.24) is 9.80 Å². The normalized spacial score (nSPS) is 19.0. The zero-order valence-electron chi connectivity index (χ0n) is 14.6. The third-order valence-corrected chi connectivity index (χ3v) is 4.63. The maximum Gasteiger partial charge on any atom is 0.416 e. The van der Waals surface area contributed by atoms with Gasteiger partial charge >= 0.3 is 12.1 Å². The number of hydrogen-bond acceptors (Lipinski definition) is 3. The number of likely N-dealkylation sites (tertiary alicyclic amines) is 1. The summed E-state index contributed by atoms with van der Waals surface area (Å²) in [6.45, 7) is 3.02. The first-order valence-corrected chi connectivity index (χ1v) is 8.54. The van der Waals surface area contributed by atoms with E-state index in [1.165, 1.54) is 24.0 Å². The number of nitrogens with zero attached hydrogens (tertiary/aromatic N) is 2. The zero-order valence-corrected chi connectivity index (χ0v) is 14.6. The highest BCUT2D eigenvalue weighted by molar-refractivity contribution is 5.79. The number of benzene rings is 1. The highest BCUT2D eigenvalue weighted by Crippen LogP contribution is 2.29. The fourth-order valence-electron chi connectivity index (χ4n) is 3.31. The molecule has 0 saturated carbocycles. The van der Waals surface area contributed by atoms with E-state index in [0.29, 0.717) is 19.5 Å². The Morgan fingerprint density at radius 1 is 1.19 bits per heavy atom. The molecule has 0 spiro atoms. The lowest BCUT2D eigenvalue weighted by Crippen LogP contribution is -2.42. The Hall–Kier alpha value is -2.09. The molecule has 0 aliphatic carbocycles. The van der Waals surface area contributed by atoms with Gasteiger partial charge in [0.25, 0.3) is 0 Å². The van der Waals surface area contributed by atoms with E-state index in [2.05, 4.69) is 4.90 Å². The predicted octanol–water partition coefficient (Wildman–Crippen LogP) is 2.99. The lowest BCUT2D eigenvalue weighted by atomic mass is 10.1. The van der Waals surface area contributed by atoms with Gasteiger partial charge in [-0.05, 0) is 43.5 Å². The minimum absolute atomic E-state index is 0.124. The first-order chi connectivity index (χ1) is 12.2. The molecule has 1 atom stereocenters. The van der Waals surface area contributed by atoms with Crippen molar-refractivity contribution in [3.8, 4) is 0 Å². The maximum atomic E-state index is 12.6. The summed E-state index contributed by atoms with van der Waals surface area (Å²) in [6.07, 6.45) is -2.17. The second kappa shape index (κ2) is 8.53. The van der Waals surface area contributed by atoms with Crippen LogP contribution in [0.15, 0.2) is 24.3 Å². The number of aliphatic carboxylic acids is 1. The second-order valence-corrected chi connectivity index (χ2v) is 6.60. The van der Waals surface area contributed by atoms with Gasteiger partial charge in [-0.25, -0.2) is 0 Å². The standard InChI is InChI=1S/C18H23F3N2O3/c1-13(24)23(12-17(25)26)16-3-2-9-22(10-8-16)11-14-4-6-15(7-5-14)18(19,20)21/h4-7,16H,2-3,8-12H2,1H3,(H,25,26). The molecule has 1 aromatic carbocycles. The molecular weight excluding hydrogens is 349 g/mol. The molecule has 1 unspecified atom stereocenters. The molecule has 1 aliphatic heterocycles. The van der Waals surface area contributed by atoms with Crippen molar-refractivity contribution in [1.29, 1.82) is 0 Å². The van der Waals surface area contributed by atoms with Gasteiger partial charge in [0.05, 0.1) is 5.56 Å². The molecule has 1 fully saturated rings. The van der Waals surface area contributed by atoms with E-state index >= 15 is 0 Å². The molecule has 26 heavy (non-hydrogen) atoms. The van der Waals surface area contributed by atoms with Gasteiger partial charge in [-0.1, -0.05) is 12.1 Å². The number of carbonyl (C=O) groups excluding carboxylic acids is 1. The average Bonchev–Trinajstić information content (AvgIpc) is 2.77. The summed E-state index contributed by atoms with van der Waals surface area (Å²) in [7, 11) is 0. The number of hydrogen-bond donors (Lipinski definition) is 1. The number of carboxylic acids is 1. The first-order valence-electron chi connectivity index (χ1n) is 8.54. The third-order valence-electron chi connectivity index (χ3n) is 4.63. The number of halogens is 3. The molecule has 144 valence electrons. The van der Waals surface area contributed by atoms with Crippen LogP contribution >= 0.6 is 0 Å². The van der Waals surface area contributed by atoms with E-state index in [4.69, 9.17) is 5.11 Å². The van der Waals surface area contributed by atoms with Gasteiger partial charge in [-0.3, -0.25) is 14.5 Å². The molecule has 2 rings (SSSR count). The Morgan fingerprint density at radius 3 is 2.38 bits per heavy atom. The SMILES string of the molecule is CC(=O)N(CC(=O)O)C1CCCN(Cc2ccc(C(F)(F)F)cc2)CC1. The third kappa shape index (κ3) is 5.72. The maximum absolute atomic E-state index is 12.6. The summed E-state index contributed by atoms with van der Waals surface area (Å²) in [6, 6.07) is 5.01. The van der Waals surface area contributed by atoms with E-state index in [9.17, 15) is 22.8 Å². The van der Waals surface area contributed by atoms with Crippen molar-refractivity contribution in [2.24, 2.45) is 0 Å². The first kappa shape index (κ1) is 20.2. The topological polar surface area (TPSA) is 60.9 Å². The number of carboxylic acid groups (broad SMARTS) is 1. The molecule has 1 N–H and O–H groups in total. The number of rotatable bonds is 5. The largest absolute Gasteiger partial charge is 0.480 e. The molecule has 0 radical (unpaired) electrons. The highest BCUT2D eigenvalue weighted by Gasteiger charge is 2.30. The molecular formula is C18H23F3N2O3. The molecule has 1 heterocycles. The Labute approximate surface area is 150 Å². The summed E-state index contributed by atoms with van der Waals surface area (Å²) in [5, 5.41) is 8.98. The summed E-state index contributed by atoms with van der Waals surface area (Å²) in [5.41, 5.74) is 0.133. The summed E-state index contributed by atoms with van der Waals surface area (Å²) in [4.78, 5) is 26.2. The van der Waals surface area contributed by atoms with Gasteiger partial charge in [-0.15, -0.1) is 0 Å². The van der Waals surface area contributed by atoms with Crippen LogP contribution in [0.3, 0.4) is 0 Å². The zero-order chi connectivity index (χ0) is 19.3. The van der Waals surface area contributed by atoms with Gasteiger partial charge in [0.15, 0.2) is 0 Å². The van der Waals surface area contributed by atoms with Crippen molar-refractivity contribution in [2.45, 2.75) is 44.9 Å². The van der Waals surface area contributed by atoms with E-state index in [1.807, 2.05) is 0 Å². The van der Waals surface area contributed by atoms with Crippen LogP contribution in [0.5, 0.6) is 0 Å². The lowest BCUT2D eigenvalue weighted by molar-refractivity contribution is -0.145. The van der Waals surface area contributed by atoms with Crippen LogP contribution in [0.1, 0.15) is 37.3 Å². The summed E-state index contributed by atoms with van der Waals surface area (Å²) >= 11 is 0. The summed E-state index contributed by atoms with van der Waals surface area (Å²) < 4.78 is 37.9. The van der Waals surface area contributed by atoms with E-state index in [1.54, 1.807) is 0 Å². The smallest absolute Gasteiger partial charge is 0.416 e. The van der Waals surface area contributed by atoms with Crippen LogP contribution in [0.2, 0.25) is 0 Å². The van der Waals surface area contributed by atoms with Crippen molar-refractivity contribution in [2.75, 3.05) is 19.6 Å². The van der Waals surface area contributed by atoms with Gasteiger partial charge in [0, 0.05) is 26.1 Å². The molecule has 0 aromatic heterocycles. The Kier molecular flexibility index (Phi) is 6.63. The Balaban J connectivity index is 1.95. The van der Waals surface area contributed by atoms with Crippen LogP contribution in [0.25, 0.3) is 0 Å². The molecule has 1 saturated heterocycles. The van der Waals surface area contributed by atoms with Crippen molar-refractivity contribution >= 4 is 11.9 Å². The van der Waals surface area contributed by atoms with E-state index < -0.39 is 17.7 Å². The second-order valence-electron chi connectivity index (χ2n) is 6.60. The van der Waals surface area contributed by atoms with Gasteiger partial charge in [0.2, 0.25) is 5.91 Å². The molecule has 5 nitrogen and oxygen atoms in total. The fraction of sp³-hybridized carbons (Fsp3) is 0.556. The van der Waals surface area contributed by atoms with Crippen molar-refractivity contribution < 1.29 is 27.9 Å². The van der Waals surface area contributed by atoms with Gasteiger partial charge in [-0.2, -0.15) is 13.2 Å². The van der Waals surface area contributed by atoms with E-state index in [-0.39, 0.29) is 18.5 Å². The van der Waals surface area contributed by atoms with Crippen LogP contribution < -0.4 is 0 Å². The van der Waals surface area contributed by atoms with E-state index in [0.717, 1.165) is 37.1 Å². The minimum atomic E-state index is -4.34. The molecule has 1 aromatic rings. The van der Waals surface area contributed by atoms with Crippen LogP contribution in [0.4, 0.5) is 13.2 Å². The Bertz CT molecular complexity index is 632. The average molecular weight is 372 g/mol. The van der Waals surface area contributed by atoms with Crippen LogP contribution in [-0.2, 0) is 22.3 Å². The van der Waals surface area contributed by atoms with Crippen molar-refractivity contribution in [3.63, 3.8) is 0 Å².